The molecule has 0 radical (unpaired) electrons. The van der Waals surface area contributed by atoms with E-state index in [1.165, 1.54) is 53.3 Å². The van der Waals surface area contributed by atoms with Crippen molar-refractivity contribution in [3.8, 4) is 11.5 Å². The van der Waals surface area contributed by atoms with Crippen LogP contribution in [0.25, 0.3) is 0 Å². The van der Waals surface area contributed by atoms with Gasteiger partial charge in [-0.05, 0) is 83.9 Å². The van der Waals surface area contributed by atoms with E-state index in [2.05, 4.69) is 41.3 Å². The van der Waals surface area contributed by atoms with Crippen molar-refractivity contribution in [2.24, 2.45) is 23.7 Å². The Morgan fingerprint density at radius 1 is 0.395 bits per heavy atom. The lowest BCUT2D eigenvalue weighted by atomic mass is 9.88. The SMILES string of the molecule is C=CCO[C@@H]1C(NC(=O)c2ccccc2N)C(OC(C)=O)OC(COC(C)=O)[C@@H]1C.C=CCO[C@@H]1C(NC(C)=O)[C@H](Sc2ccc(OC)cc2)OC(COCc2ccccc2)[C@@H]1C.COc1ccc(S[C@@H]2OC(COCc3ccccc3)[C@H](C)[C@H](OC/C=C/CO[C@@H]3C(NC(=O)c4ccccc4N)C(OC(C)=O)OC(COC(C)=O)[C@@H]3C)C2NC(C)=O)cc1. The van der Waals surface area contributed by atoms with E-state index in [0.717, 1.165) is 32.4 Å². The normalized spacial score (nSPS) is 25.7. The number of carbonyl (C=O) groups excluding carboxylic acids is 8. The van der Waals surface area contributed by atoms with Gasteiger partial charge in [-0.15, -0.1) is 13.2 Å². The first kappa shape index (κ1) is 99.2. The fourth-order valence-electron chi connectivity index (χ4n) is 14.3. The predicted molar refractivity (Wildman–Crippen MR) is 466 cm³/mol. The van der Waals surface area contributed by atoms with Crippen LogP contribution >= 0.6 is 23.5 Å². The fourth-order valence-corrected chi connectivity index (χ4v) is 16.5. The monoisotopic (exact) mass is 1750 g/mol. The van der Waals surface area contributed by atoms with Crippen molar-refractivity contribution in [3.05, 3.63) is 217 Å². The van der Waals surface area contributed by atoms with E-state index in [-0.39, 0.29) is 109 Å². The molecule has 6 aromatic carbocycles. The highest BCUT2D eigenvalue weighted by Gasteiger charge is 2.51. The Morgan fingerprint density at radius 3 is 1.03 bits per heavy atom. The minimum atomic E-state index is -1.27. The number of hydrogen-bond acceptors (Lipinski definition) is 28. The number of carbonyl (C=O) groups is 8. The van der Waals surface area contributed by atoms with Gasteiger partial charge in [0.2, 0.25) is 24.4 Å². The maximum absolute atomic E-state index is 13.5. The number of amides is 4. The molecular formula is C92H118N6O24S2. The van der Waals surface area contributed by atoms with Crippen molar-refractivity contribution in [1.29, 1.82) is 0 Å². The first-order valence-corrected chi connectivity index (χ1v) is 42.6. The summed E-state index contributed by atoms with van der Waals surface area (Å²) in [5.41, 5.74) is 14.4. The molecule has 20 atom stereocenters. The molecule has 0 aliphatic carbocycles. The Bertz CT molecular complexity index is 4400. The Hall–Kier alpha value is -10.2. The van der Waals surface area contributed by atoms with Gasteiger partial charge >= 0.3 is 23.9 Å². The molecule has 0 aromatic heterocycles. The average Bonchev–Trinajstić information content (AvgIpc) is 0.806. The van der Waals surface area contributed by atoms with Crippen LogP contribution in [0.3, 0.4) is 0 Å². The Labute approximate surface area is 733 Å². The van der Waals surface area contributed by atoms with Crippen molar-refractivity contribution >= 4 is 82.4 Å². The number of esters is 4. The van der Waals surface area contributed by atoms with Crippen LogP contribution in [0.1, 0.15) is 101 Å². The molecular weight excluding hydrogens is 1640 g/mol. The highest BCUT2D eigenvalue weighted by atomic mass is 32.2. The number of methoxy groups -OCH3 is 2. The Morgan fingerprint density at radius 2 is 0.718 bits per heavy atom. The number of ether oxygens (including phenoxy) is 16. The van der Waals surface area contributed by atoms with Crippen molar-refractivity contribution in [2.45, 2.75) is 189 Å². The zero-order chi connectivity index (χ0) is 89.8. The second kappa shape index (κ2) is 51.3. The van der Waals surface area contributed by atoms with Crippen molar-refractivity contribution in [3.63, 3.8) is 0 Å². The first-order valence-electron chi connectivity index (χ1n) is 40.9. The molecule has 0 spiro atoms. The largest absolute Gasteiger partial charge is 0.497 e. The second-order valence-electron chi connectivity index (χ2n) is 29.9. The van der Waals surface area contributed by atoms with E-state index in [9.17, 15) is 38.4 Å². The highest BCUT2D eigenvalue weighted by molar-refractivity contribution is 8.00. The van der Waals surface area contributed by atoms with Gasteiger partial charge in [-0.1, -0.05) is 160 Å². The average molecular weight is 1760 g/mol. The maximum Gasteiger partial charge on any atom is 0.305 e. The molecule has 0 bridgehead atoms. The van der Waals surface area contributed by atoms with Crippen LogP contribution in [-0.4, -0.2) is 211 Å². The summed E-state index contributed by atoms with van der Waals surface area (Å²) in [6, 6.07) is 45.9. The van der Waals surface area contributed by atoms with E-state index in [0.29, 0.717) is 38.7 Å². The summed E-state index contributed by atoms with van der Waals surface area (Å²) in [5, 5.41) is 11.9. The van der Waals surface area contributed by atoms with Crippen molar-refractivity contribution in [1.82, 2.24) is 21.3 Å². The Kier molecular flexibility index (Phi) is 41.0. The highest BCUT2D eigenvalue weighted by Crippen LogP contribution is 2.41. The maximum atomic E-state index is 13.5. The molecule has 0 saturated carbocycles. The molecule has 32 heteroatoms. The number of nitrogens with one attached hydrogen (secondary N) is 4. The summed E-state index contributed by atoms with van der Waals surface area (Å²) in [4.78, 5) is 99.8. The van der Waals surface area contributed by atoms with Crippen molar-refractivity contribution in [2.75, 3.05) is 78.5 Å². The minimum Gasteiger partial charge on any atom is -0.497 e. The number of nitrogen functional groups attached to an aromatic ring is 2. The molecule has 124 heavy (non-hydrogen) atoms. The van der Waals surface area contributed by atoms with E-state index >= 15 is 0 Å². The smallest absolute Gasteiger partial charge is 0.305 e. The second-order valence-corrected chi connectivity index (χ2v) is 32.2. The number of hydrogen-bond donors (Lipinski definition) is 6. The van der Waals surface area contributed by atoms with Gasteiger partial charge in [-0.2, -0.15) is 0 Å². The molecule has 672 valence electrons. The zero-order valence-corrected chi connectivity index (χ0v) is 73.8. The van der Waals surface area contributed by atoms with E-state index in [4.69, 9.17) is 87.3 Å². The van der Waals surface area contributed by atoms with Gasteiger partial charge in [0.05, 0.1) is 127 Å². The topological polar surface area (TPSA) is 384 Å². The van der Waals surface area contributed by atoms with Crippen LogP contribution in [0.2, 0.25) is 0 Å². The van der Waals surface area contributed by atoms with Gasteiger partial charge in [0.15, 0.2) is 0 Å². The van der Waals surface area contributed by atoms with E-state index in [1.807, 2.05) is 136 Å². The van der Waals surface area contributed by atoms with Crippen LogP contribution < -0.4 is 42.2 Å². The summed E-state index contributed by atoms with van der Waals surface area (Å²) in [6.45, 7) is 25.5. The fraction of sp³-hybridized carbons (Fsp3) is 0.457. The zero-order valence-electron chi connectivity index (χ0n) is 72.1. The van der Waals surface area contributed by atoms with Gasteiger partial charge in [0.25, 0.3) is 11.8 Å². The third kappa shape index (κ3) is 30.9. The van der Waals surface area contributed by atoms with Crippen LogP contribution in [0.15, 0.2) is 205 Å². The van der Waals surface area contributed by atoms with Gasteiger partial charge in [-0.3, -0.25) is 38.4 Å². The lowest BCUT2D eigenvalue weighted by molar-refractivity contribution is -0.253. The standard InChI is InChI=1S/C45H57N3O12S.C26H33NO5S.C21H28N2O7/c1-27-37(25-54-24-32-14-8-7-9-15-32)60-45(61-34-20-18-33(53-6)19-21-34)40(47-29(3)49)42(27)56-23-13-12-22-55-41-28(2)38(26-57-30(4)50)59-44(58-31(5)51)39(41)48-43(52)35-16-10-11-17-36(35)46;1-5-15-31-25-18(2)23(17-30-16-20-9-7-6-8-10-20)32-26(24(25)27-19(3)28)33-22-13-11-21(29-4)12-14-22;1-5-10-27-19-12(2)17(11-28-13(3)24)30-21(29-14(4)25)18(19)23-20(26)15-8-6-7-9-16(15)22/h7-21,27-28,37-42,44-45H,22-26,46H2,1-6H3,(H,47,49)(H,48,52);5-14,18,23-26H,1,15-17H2,2-4H3,(H,27,28);5-9,12,17-19,21H,1,10-11,22H2,2-4H3,(H,23,26)/b13-12+;;/t27-,28-,37?,38?,39?,40?,41-,42-,44?,45-;18-,23?,24?,25-,26-;12-,17?,18?,19-,21?/m000/s1. The number of thioether (sulfide) groups is 2. The summed E-state index contributed by atoms with van der Waals surface area (Å²) in [7, 11) is 3.25. The number of rotatable bonds is 38. The molecule has 4 aliphatic heterocycles. The van der Waals surface area contributed by atoms with Crippen molar-refractivity contribution < 1.29 is 114 Å². The third-order valence-corrected chi connectivity index (χ3v) is 23.0. The number of anilines is 2. The van der Waals surface area contributed by atoms with Crippen LogP contribution in [0, 0.1) is 23.7 Å². The van der Waals surface area contributed by atoms with Gasteiger partial charge in [0.1, 0.15) is 59.9 Å². The molecule has 4 heterocycles. The molecule has 4 saturated heterocycles. The number of nitrogens with two attached hydrogens (primary N) is 2. The van der Waals surface area contributed by atoms with E-state index in [1.54, 1.807) is 92.7 Å². The van der Waals surface area contributed by atoms with E-state index < -0.39 is 108 Å². The summed E-state index contributed by atoms with van der Waals surface area (Å²) in [5.74, 6) is -2.97. The van der Waals surface area contributed by atoms with Crippen LogP contribution in [-0.2, 0) is 108 Å². The quantitative estimate of drug-likeness (QED) is 0.00907. The van der Waals surface area contributed by atoms with Gasteiger partial charge < -0.3 is 109 Å². The Balaban J connectivity index is 0.000000254. The molecule has 30 nitrogen and oxygen atoms in total. The molecule has 4 aliphatic rings. The van der Waals surface area contributed by atoms with Crippen LogP contribution in [0.5, 0.6) is 11.5 Å². The molecule has 10 unspecified atom stereocenters. The summed E-state index contributed by atoms with van der Waals surface area (Å²) in [6.07, 6.45) is 0.456. The van der Waals surface area contributed by atoms with Crippen LogP contribution in [0.4, 0.5) is 11.4 Å². The predicted octanol–water partition coefficient (Wildman–Crippen LogP) is 10.9. The summed E-state index contributed by atoms with van der Waals surface area (Å²) >= 11 is 3.03. The first-order chi connectivity index (χ1) is 59.6. The third-order valence-electron chi connectivity index (χ3n) is 20.6. The molecule has 8 N–H and O–H groups in total. The summed E-state index contributed by atoms with van der Waals surface area (Å²) < 4.78 is 94.2. The molecule has 4 fully saturated rings. The lowest BCUT2D eigenvalue weighted by Gasteiger charge is -2.45. The number of benzene rings is 6. The van der Waals surface area contributed by atoms with Gasteiger partial charge in [0, 0.05) is 86.4 Å². The minimum absolute atomic E-state index is 0.00490. The molecule has 6 aromatic rings. The number of para-hydroxylation sites is 2. The molecule has 4 amide bonds. The lowest BCUT2D eigenvalue weighted by Crippen LogP contribution is -2.63. The van der Waals surface area contributed by atoms with Gasteiger partial charge in [-0.25, -0.2) is 0 Å². The molecule has 10 rings (SSSR count).